The quantitative estimate of drug-likeness (QED) is 0.858. The molecule has 4 fully saturated rings. The minimum atomic E-state index is -0.264. The van der Waals surface area contributed by atoms with Gasteiger partial charge in [0, 0.05) is 6.04 Å². The molecule has 4 bridgehead atoms. The summed E-state index contributed by atoms with van der Waals surface area (Å²) in [6.07, 6.45) is 6.76. The maximum Gasteiger partial charge on any atom is 0.356 e. The van der Waals surface area contributed by atoms with E-state index in [0.29, 0.717) is 11.6 Å². The van der Waals surface area contributed by atoms with Crippen molar-refractivity contribution in [2.45, 2.75) is 38.1 Å². The van der Waals surface area contributed by atoms with Gasteiger partial charge >= 0.3 is 5.97 Å². The lowest BCUT2D eigenvalue weighted by molar-refractivity contribution is -0.0690. The molecule has 20 heavy (non-hydrogen) atoms. The Morgan fingerprint density at radius 2 is 1.55 bits per heavy atom. The van der Waals surface area contributed by atoms with Crippen molar-refractivity contribution in [1.29, 1.82) is 0 Å². The third kappa shape index (κ3) is 2.14. The second-order valence-electron chi connectivity index (χ2n) is 6.83. The van der Waals surface area contributed by atoms with Gasteiger partial charge in [-0.05, 0) is 67.9 Å². The van der Waals surface area contributed by atoms with E-state index < -0.39 is 0 Å². The van der Waals surface area contributed by atoms with Gasteiger partial charge in [-0.2, -0.15) is 0 Å². The fourth-order valence-electron chi connectivity index (χ4n) is 4.87. The first-order chi connectivity index (χ1) is 9.79. The van der Waals surface area contributed by atoms with E-state index in [1.165, 1.54) is 32.1 Å². The molecular weight excluding hydrogens is 250 g/mol. The third-order valence-electron chi connectivity index (χ3n) is 5.52. The smallest absolute Gasteiger partial charge is 0.356 e. The van der Waals surface area contributed by atoms with Crippen LogP contribution in [0.15, 0.2) is 30.3 Å². The molecule has 1 aromatic carbocycles. The maximum absolute atomic E-state index is 12.0. The summed E-state index contributed by atoms with van der Waals surface area (Å²) in [5.74, 6) is 3.06. The Labute approximate surface area is 119 Å². The lowest BCUT2D eigenvalue weighted by Gasteiger charge is -2.53. The zero-order valence-electron chi connectivity index (χ0n) is 11.6. The number of carbonyl (C=O) groups is 1. The predicted octanol–water partition coefficient (Wildman–Crippen LogP) is 3.17. The molecular formula is C17H21NO2. The zero-order valence-corrected chi connectivity index (χ0v) is 11.6. The Balaban J connectivity index is 1.39. The molecule has 3 nitrogen and oxygen atoms in total. The summed E-state index contributed by atoms with van der Waals surface area (Å²) in [6, 6.07) is 9.60. The van der Waals surface area contributed by atoms with Crippen molar-refractivity contribution in [1.82, 2.24) is 5.48 Å². The molecule has 0 aromatic heterocycles. The fourth-order valence-corrected chi connectivity index (χ4v) is 4.87. The molecule has 0 unspecified atom stereocenters. The van der Waals surface area contributed by atoms with Gasteiger partial charge in [0.2, 0.25) is 0 Å². The molecule has 106 valence electrons. The van der Waals surface area contributed by atoms with Gasteiger partial charge in [0.1, 0.15) is 0 Å². The SMILES string of the molecule is O=C(ONC1C2CC3CC(C2)CC1C3)c1ccccc1. The second-order valence-corrected chi connectivity index (χ2v) is 6.83. The number of nitrogens with one attached hydrogen (secondary N) is 1. The maximum atomic E-state index is 12.0. The number of carbonyl (C=O) groups excluding carboxylic acids is 1. The second kappa shape index (κ2) is 4.88. The first-order valence-corrected chi connectivity index (χ1v) is 7.81. The Morgan fingerprint density at radius 1 is 0.950 bits per heavy atom. The topological polar surface area (TPSA) is 38.3 Å². The van der Waals surface area contributed by atoms with Crippen molar-refractivity contribution in [2.75, 3.05) is 0 Å². The lowest BCUT2D eigenvalue weighted by atomic mass is 9.54. The standard InChI is InChI=1S/C17H21NO2/c19-17(13-4-2-1-3-5-13)20-18-16-14-7-11-6-12(9-14)10-15(16)8-11/h1-5,11-12,14-16,18H,6-10H2. The van der Waals surface area contributed by atoms with Crippen LogP contribution < -0.4 is 5.48 Å². The average molecular weight is 271 g/mol. The molecule has 4 saturated carbocycles. The van der Waals surface area contributed by atoms with Crippen LogP contribution >= 0.6 is 0 Å². The van der Waals surface area contributed by atoms with Crippen molar-refractivity contribution < 1.29 is 9.63 Å². The molecule has 4 aliphatic rings. The van der Waals surface area contributed by atoms with Gasteiger partial charge in [-0.25, -0.2) is 4.79 Å². The minimum Gasteiger partial charge on any atom is -0.366 e. The van der Waals surface area contributed by atoms with Crippen LogP contribution in [0, 0.1) is 23.7 Å². The van der Waals surface area contributed by atoms with Crippen LogP contribution in [0.1, 0.15) is 42.5 Å². The van der Waals surface area contributed by atoms with Gasteiger partial charge in [-0.3, -0.25) is 0 Å². The Kier molecular flexibility index (Phi) is 3.03. The molecule has 1 aromatic rings. The third-order valence-corrected chi connectivity index (χ3v) is 5.52. The van der Waals surface area contributed by atoms with Crippen LogP contribution in [0.25, 0.3) is 0 Å². The number of hydrogen-bond donors (Lipinski definition) is 1. The summed E-state index contributed by atoms with van der Waals surface area (Å²) >= 11 is 0. The van der Waals surface area contributed by atoms with Gasteiger partial charge in [0.25, 0.3) is 0 Å². The highest BCUT2D eigenvalue weighted by Gasteiger charge is 2.48. The van der Waals surface area contributed by atoms with Gasteiger partial charge in [0.15, 0.2) is 0 Å². The van der Waals surface area contributed by atoms with E-state index in [9.17, 15) is 4.79 Å². The average Bonchev–Trinajstić information content (AvgIpc) is 2.46. The highest BCUT2D eigenvalue weighted by Crippen LogP contribution is 2.53. The van der Waals surface area contributed by atoms with Crippen LogP contribution in [0.3, 0.4) is 0 Å². The zero-order chi connectivity index (χ0) is 13.5. The van der Waals surface area contributed by atoms with Crippen molar-refractivity contribution >= 4 is 5.97 Å². The number of rotatable bonds is 3. The van der Waals surface area contributed by atoms with Crippen LogP contribution in [0.2, 0.25) is 0 Å². The van der Waals surface area contributed by atoms with Crippen LogP contribution in [-0.4, -0.2) is 12.0 Å². The molecule has 3 heteroatoms. The first-order valence-electron chi connectivity index (χ1n) is 7.81. The Hall–Kier alpha value is -1.35. The van der Waals surface area contributed by atoms with Crippen molar-refractivity contribution in [3.63, 3.8) is 0 Å². The van der Waals surface area contributed by atoms with Crippen LogP contribution in [-0.2, 0) is 4.84 Å². The van der Waals surface area contributed by atoms with Gasteiger partial charge < -0.3 is 4.84 Å². The monoisotopic (exact) mass is 271 g/mol. The predicted molar refractivity (Wildman–Crippen MR) is 75.8 cm³/mol. The van der Waals surface area contributed by atoms with Gasteiger partial charge in [0.05, 0.1) is 5.56 Å². The number of benzene rings is 1. The van der Waals surface area contributed by atoms with E-state index in [4.69, 9.17) is 4.84 Å². The molecule has 1 N–H and O–H groups in total. The van der Waals surface area contributed by atoms with Crippen molar-refractivity contribution in [3.8, 4) is 0 Å². The molecule has 0 aliphatic heterocycles. The summed E-state index contributed by atoms with van der Waals surface area (Å²) in [7, 11) is 0. The summed E-state index contributed by atoms with van der Waals surface area (Å²) in [5, 5.41) is 0. The Bertz CT molecular complexity index is 471. The highest BCUT2D eigenvalue weighted by molar-refractivity contribution is 5.89. The molecule has 0 atom stereocenters. The van der Waals surface area contributed by atoms with Gasteiger partial charge in [-0.1, -0.05) is 18.2 Å². The Morgan fingerprint density at radius 3 is 2.15 bits per heavy atom. The fraction of sp³-hybridized carbons (Fsp3) is 0.588. The normalized spacial score (nSPS) is 37.9. The lowest BCUT2D eigenvalue weighted by Crippen LogP contribution is -2.54. The highest BCUT2D eigenvalue weighted by atomic mass is 16.7. The molecule has 0 radical (unpaired) electrons. The van der Waals surface area contributed by atoms with E-state index in [1.807, 2.05) is 18.2 Å². The van der Waals surface area contributed by atoms with E-state index in [0.717, 1.165) is 23.7 Å². The van der Waals surface area contributed by atoms with E-state index in [-0.39, 0.29) is 5.97 Å². The van der Waals surface area contributed by atoms with Crippen LogP contribution in [0.4, 0.5) is 0 Å². The summed E-state index contributed by atoms with van der Waals surface area (Å²) < 4.78 is 0. The van der Waals surface area contributed by atoms with Crippen molar-refractivity contribution in [2.24, 2.45) is 23.7 Å². The summed E-state index contributed by atoms with van der Waals surface area (Å²) in [5.41, 5.74) is 3.73. The molecule has 4 aliphatic carbocycles. The summed E-state index contributed by atoms with van der Waals surface area (Å²) in [6.45, 7) is 0. The minimum absolute atomic E-state index is 0.264. The molecule has 0 spiro atoms. The van der Waals surface area contributed by atoms with Crippen LogP contribution in [0.5, 0.6) is 0 Å². The molecule has 0 saturated heterocycles. The largest absolute Gasteiger partial charge is 0.366 e. The molecule has 0 amide bonds. The molecule has 0 heterocycles. The van der Waals surface area contributed by atoms with E-state index in [1.54, 1.807) is 12.1 Å². The molecule has 5 rings (SSSR count). The number of hydroxylamine groups is 1. The van der Waals surface area contributed by atoms with E-state index >= 15 is 0 Å². The van der Waals surface area contributed by atoms with E-state index in [2.05, 4.69) is 5.48 Å². The number of hydrogen-bond acceptors (Lipinski definition) is 3. The van der Waals surface area contributed by atoms with Crippen molar-refractivity contribution in [3.05, 3.63) is 35.9 Å². The summed E-state index contributed by atoms with van der Waals surface area (Å²) in [4.78, 5) is 17.4. The first kappa shape index (κ1) is 12.4. The van der Waals surface area contributed by atoms with Gasteiger partial charge in [-0.15, -0.1) is 5.48 Å².